The van der Waals surface area contributed by atoms with Crippen molar-refractivity contribution < 1.29 is 9.66 Å². The summed E-state index contributed by atoms with van der Waals surface area (Å²) >= 11 is 0. The zero-order chi connectivity index (χ0) is 14.1. The molecule has 20 heavy (non-hydrogen) atoms. The lowest BCUT2D eigenvalue weighted by Gasteiger charge is -2.07. The first-order valence-corrected chi connectivity index (χ1v) is 6.34. The highest BCUT2D eigenvalue weighted by molar-refractivity contribution is 5.58. The first kappa shape index (κ1) is 12.5. The van der Waals surface area contributed by atoms with Gasteiger partial charge >= 0.3 is 0 Å². The van der Waals surface area contributed by atoms with Gasteiger partial charge in [0.15, 0.2) is 0 Å². The van der Waals surface area contributed by atoms with Gasteiger partial charge in [0, 0.05) is 24.4 Å². The van der Waals surface area contributed by atoms with E-state index in [1.807, 2.05) is 36.4 Å². The summed E-state index contributed by atoms with van der Waals surface area (Å²) in [6.07, 6.45) is 0. The van der Waals surface area contributed by atoms with Crippen LogP contribution in [0, 0.1) is 10.1 Å². The number of non-ortho nitro benzene ring substituents is 1. The minimum Gasteiger partial charge on any atom is -0.497 e. The van der Waals surface area contributed by atoms with Gasteiger partial charge in [0.2, 0.25) is 0 Å². The van der Waals surface area contributed by atoms with E-state index in [2.05, 4.69) is 4.90 Å². The number of hydrogen-bond donors (Lipinski definition) is 0. The normalized spacial score (nSPS) is 16.9. The van der Waals surface area contributed by atoms with E-state index in [9.17, 15) is 10.1 Å². The maximum Gasteiger partial charge on any atom is 0.269 e. The first-order valence-electron chi connectivity index (χ1n) is 6.34. The van der Waals surface area contributed by atoms with Gasteiger partial charge in [-0.25, -0.2) is 0 Å². The number of methoxy groups -OCH3 is 1. The topological polar surface area (TPSA) is 55.4 Å². The quantitative estimate of drug-likeness (QED) is 0.486. The average Bonchev–Trinajstić information content (AvgIpc) is 3.28. The summed E-state index contributed by atoms with van der Waals surface area (Å²) in [7, 11) is 1.64. The van der Waals surface area contributed by atoms with E-state index >= 15 is 0 Å². The lowest BCUT2D eigenvalue weighted by molar-refractivity contribution is -0.384. The minimum absolute atomic E-state index is 0.130. The van der Waals surface area contributed by atoms with Crippen LogP contribution in [0.15, 0.2) is 48.5 Å². The summed E-state index contributed by atoms with van der Waals surface area (Å²) in [4.78, 5) is 12.5. The van der Waals surface area contributed by atoms with Gasteiger partial charge < -0.3 is 9.64 Å². The van der Waals surface area contributed by atoms with Crippen molar-refractivity contribution >= 4 is 11.4 Å². The van der Waals surface area contributed by atoms with Crippen molar-refractivity contribution in [2.24, 2.45) is 0 Å². The van der Waals surface area contributed by atoms with E-state index in [-0.39, 0.29) is 10.6 Å². The molecule has 1 aliphatic heterocycles. The Morgan fingerprint density at radius 2 is 1.80 bits per heavy atom. The van der Waals surface area contributed by atoms with Crippen LogP contribution < -0.4 is 9.64 Å². The van der Waals surface area contributed by atoms with Crippen LogP contribution in [0.2, 0.25) is 0 Å². The molecule has 0 N–H and O–H groups in total. The van der Waals surface area contributed by atoms with Crippen molar-refractivity contribution in [2.45, 2.75) is 6.04 Å². The lowest BCUT2D eigenvalue weighted by Crippen LogP contribution is -1.95. The van der Waals surface area contributed by atoms with Crippen LogP contribution in [0.1, 0.15) is 11.6 Å². The second-order valence-corrected chi connectivity index (χ2v) is 4.71. The molecule has 0 saturated carbocycles. The maximum absolute atomic E-state index is 10.6. The number of ether oxygens (including phenoxy) is 1. The SMILES string of the molecule is COc1ccc(N2CC2c2ccc([N+](=O)[O-])cc2)cc1. The third-order valence-electron chi connectivity index (χ3n) is 3.51. The fourth-order valence-electron chi connectivity index (χ4n) is 2.30. The molecule has 2 aromatic carbocycles. The van der Waals surface area contributed by atoms with Crippen molar-refractivity contribution in [1.29, 1.82) is 0 Å². The van der Waals surface area contributed by atoms with Crippen molar-refractivity contribution in [3.8, 4) is 5.75 Å². The van der Waals surface area contributed by atoms with Crippen LogP contribution in [-0.2, 0) is 0 Å². The Labute approximate surface area is 116 Å². The van der Waals surface area contributed by atoms with Crippen molar-refractivity contribution in [3.63, 3.8) is 0 Å². The number of benzene rings is 2. The van der Waals surface area contributed by atoms with E-state index in [1.165, 1.54) is 0 Å². The van der Waals surface area contributed by atoms with Crippen LogP contribution in [-0.4, -0.2) is 18.6 Å². The van der Waals surface area contributed by atoms with Crippen LogP contribution >= 0.6 is 0 Å². The molecule has 3 rings (SSSR count). The monoisotopic (exact) mass is 270 g/mol. The zero-order valence-corrected chi connectivity index (χ0v) is 11.0. The molecule has 1 atom stereocenters. The molecule has 0 aromatic heterocycles. The van der Waals surface area contributed by atoms with E-state index in [0.717, 1.165) is 23.5 Å². The molecule has 1 unspecified atom stereocenters. The van der Waals surface area contributed by atoms with Gasteiger partial charge in [-0.15, -0.1) is 0 Å². The molecule has 1 saturated heterocycles. The van der Waals surface area contributed by atoms with Gasteiger partial charge in [0.1, 0.15) is 5.75 Å². The summed E-state index contributed by atoms with van der Waals surface area (Å²) in [5.74, 6) is 0.836. The molecule has 1 heterocycles. The van der Waals surface area contributed by atoms with Gasteiger partial charge in [-0.1, -0.05) is 12.1 Å². The second kappa shape index (κ2) is 4.85. The number of rotatable bonds is 4. The fraction of sp³-hybridized carbons (Fsp3) is 0.200. The van der Waals surface area contributed by atoms with E-state index in [0.29, 0.717) is 6.04 Å². The highest BCUT2D eigenvalue weighted by atomic mass is 16.6. The molecule has 1 aliphatic rings. The Kier molecular flexibility index (Phi) is 3.02. The van der Waals surface area contributed by atoms with Gasteiger partial charge in [-0.3, -0.25) is 10.1 Å². The Bertz CT molecular complexity index is 623. The minimum atomic E-state index is -0.377. The number of nitro groups is 1. The van der Waals surface area contributed by atoms with Gasteiger partial charge in [-0.2, -0.15) is 0 Å². The third-order valence-corrected chi connectivity index (χ3v) is 3.51. The third kappa shape index (κ3) is 2.30. The molecule has 5 heteroatoms. The largest absolute Gasteiger partial charge is 0.497 e. The number of nitro benzene ring substituents is 1. The smallest absolute Gasteiger partial charge is 0.269 e. The van der Waals surface area contributed by atoms with Crippen LogP contribution in [0.5, 0.6) is 5.75 Å². The Morgan fingerprint density at radius 3 is 2.35 bits per heavy atom. The second-order valence-electron chi connectivity index (χ2n) is 4.71. The number of nitrogens with zero attached hydrogens (tertiary/aromatic N) is 2. The Hall–Kier alpha value is -2.56. The standard InChI is InChI=1S/C15H14N2O3/c1-20-14-8-6-12(7-9-14)16-10-15(16)11-2-4-13(5-3-11)17(18)19/h2-9,15H,10H2,1H3. The molecule has 0 spiro atoms. The number of hydrogen-bond acceptors (Lipinski definition) is 4. The maximum atomic E-state index is 10.6. The van der Waals surface area contributed by atoms with Gasteiger partial charge in [0.25, 0.3) is 5.69 Å². The molecule has 102 valence electrons. The van der Waals surface area contributed by atoms with E-state index in [1.54, 1.807) is 19.2 Å². The van der Waals surface area contributed by atoms with Crippen molar-refractivity contribution in [1.82, 2.24) is 0 Å². The Balaban J connectivity index is 1.73. The molecule has 0 radical (unpaired) electrons. The van der Waals surface area contributed by atoms with Gasteiger partial charge in [0.05, 0.1) is 18.1 Å². The average molecular weight is 270 g/mol. The lowest BCUT2D eigenvalue weighted by atomic mass is 10.1. The zero-order valence-electron chi connectivity index (χ0n) is 11.0. The van der Waals surface area contributed by atoms with Crippen molar-refractivity contribution in [2.75, 3.05) is 18.6 Å². The van der Waals surface area contributed by atoms with Crippen molar-refractivity contribution in [3.05, 3.63) is 64.2 Å². The summed E-state index contributed by atoms with van der Waals surface area (Å²) in [5.41, 5.74) is 2.37. The van der Waals surface area contributed by atoms with E-state index in [4.69, 9.17) is 4.74 Å². The highest BCUT2D eigenvalue weighted by Crippen LogP contribution is 2.40. The summed E-state index contributed by atoms with van der Waals surface area (Å²) in [5, 5.41) is 10.6. The molecular formula is C15H14N2O3. The molecular weight excluding hydrogens is 256 g/mol. The van der Waals surface area contributed by atoms with Crippen LogP contribution in [0.25, 0.3) is 0 Å². The molecule has 0 amide bonds. The predicted octanol–water partition coefficient (Wildman–Crippen LogP) is 3.16. The fourth-order valence-corrected chi connectivity index (χ4v) is 2.30. The summed E-state index contributed by atoms with van der Waals surface area (Å²) in [6, 6.07) is 15.0. The highest BCUT2D eigenvalue weighted by Gasteiger charge is 2.35. The summed E-state index contributed by atoms with van der Waals surface area (Å²) < 4.78 is 5.13. The first-order chi connectivity index (χ1) is 9.69. The summed E-state index contributed by atoms with van der Waals surface area (Å²) in [6.45, 7) is 0.935. The van der Waals surface area contributed by atoms with E-state index < -0.39 is 0 Å². The molecule has 2 aromatic rings. The molecule has 1 fully saturated rings. The Morgan fingerprint density at radius 1 is 1.15 bits per heavy atom. The number of anilines is 1. The van der Waals surface area contributed by atoms with Gasteiger partial charge in [-0.05, 0) is 29.8 Å². The molecule has 0 bridgehead atoms. The van der Waals surface area contributed by atoms with Crippen LogP contribution in [0.3, 0.4) is 0 Å². The molecule has 5 nitrogen and oxygen atoms in total. The van der Waals surface area contributed by atoms with Crippen LogP contribution in [0.4, 0.5) is 11.4 Å². The predicted molar refractivity (Wildman–Crippen MR) is 76.2 cm³/mol. The molecule has 0 aliphatic carbocycles.